The van der Waals surface area contributed by atoms with E-state index >= 15 is 0 Å². The molecule has 2 heterocycles. The second-order valence-electron chi connectivity index (χ2n) is 3.92. The third-order valence-corrected chi connectivity index (χ3v) is 2.93. The molecule has 0 amide bonds. The van der Waals surface area contributed by atoms with Crippen LogP contribution in [0.4, 0.5) is 5.69 Å². The maximum atomic E-state index is 5.92. The number of hydrogen-bond donors (Lipinski definition) is 1. The van der Waals surface area contributed by atoms with E-state index in [1.54, 1.807) is 16.8 Å². The van der Waals surface area contributed by atoms with E-state index in [1.807, 2.05) is 37.4 Å². The molecule has 0 saturated carbocycles. The highest BCUT2D eigenvalue weighted by molar-refractivity contribution is 6.30. The van der Waals surface area contributed by atoms with Crippen molar-refractivity contribution in [1.29, 1.82) is 0 Å². The Morgan fingerprint density at radius 3 is 2.94 bits per heavy atom. The van der Waals surface area contributed by atoms with Crippen molar-refractivity contribution >= 4 is 22.9 Å². The molecular formula is C13H11ClN4. The van der Waals surface area contributed by atoms with Gasteiger partial charge in [0, 0.05) is 24.5 Å². The Labute approximate surface area is 109 Å². The van der Waals surface area contributed by atoms with Crippen molar-refractivity contribution in [1.82, 2.24) is 14.6 Å². The summed E-state index contributed by atoms with van der Waals surface area (Å²) in [4.78, 5) is 4.46. The summed E-state index contributed by atoms with van der Waals surface area (Å²) in [7, 11) is 1.88. The summed E-state index contributed by atoms with van der Waals surface area (Å²) in [5.41, 5.74) is 2.79. The van der Waals surface area contributed by atoms with E-state index in [0.717, 1.165) is 16.9 Å². The van der Waals surface area contributed by atoms with E-state index in [2.05, 4.69) is 15.4 Å². The quantitative estimate of drug-likeness (QED) is 0.768. The number of fused-ring (bicyclic) bond motifs is 1. The first-order chi connectivity index (χ1) is 8.76. The van der Waals surface area contributed by atoms with Crippen molar-refractivity contribution in [3.05, 3.63) is 47.6 Å². The minimum absolute atomic E-state index is 0.642. The lowest BCUT2D eigenvalue weighted by molar-refractivity contribution is 0.966. The summed E-state index contributed by atoms with van der Waals surface area (Å²) in [6, 6.07) is 11.6. The zero-order valence-electron chi connectivity index (χ0n) is 9.76. The Morgan fingerprint density at radius 2 is 2.11 bits per heavy atom. The van der Waals surface area contributed by atoms with Crippen LogP contribution >= 0.6 is 11.6 Å². The Bertz CT molecular complexity index is 705. The molecule has 0 atom stereocenters. The van der Waals surface area contributed by atoms with E-state index in [4.69, 9.17) is 11.6 Å². The average Bonchev–Trinajstić information content (AvgIpc) is 2.81. The number of nitrogens with zero attached hydrogens (tertiary/aromatic N) is 3. The maximum absolute atomic E-state index is 5.92. The lowest BCUT2D eigenvalue weighted by Gasteiger charge is -2.00. The first kappa shape index (κ1) is 11.0. The van der Waals surface area contributed by atoms with Gasteiger partial charge in [-0.3, -0.25) is 0 Å². The van der Waals surface area contributed by atoms with E-state index < -0.39 is 0 Å². The van der Waals surface area contributed by atoms with Crippen LogP contribution in [-0.4, -0.2) is 21.6 Å². The van der Waals surface area contributed by atoms with Gasteiger partial charge in [0.15, 0.2) is 11.5 Å². The van der Waals surface area contributed by atoms with Gasteiger partial charge >= 0.3 is 0 Å². The molecule has 0 fully saturated rings. The van der Waals surface area contributed by atoms with Crippen LogP contribution < -0.4 is 5.32 Å². The molecule has 0 aliphatic heterocycles. The Balaban J connectivity index is 2.13. The fourth-order valence-corrected chi connectivity index (χ4v) is 1.95. The van der Waals surface area contributed by atoms with Crippen molar-refractivity contribution in [2.45, 2.75) is 0 Å². The molecule has 0 unspecified atom stereocenters. The number of rotatable bonds is 2. The summed E-state index contributed by atoms with van der Waals surface area (Å²) < 4.78 is 1.68. The number of hydrogen-bond acceptors (Lipinski definition) is 3. The first-order valence-electron chi connectivity index (χ1n) is 5.56. The number of benzene rings is 1. The third kappa shape index (κ3) is 1.91. The molecule has 3 aromatic rings. The van der Waals surface area contributed by atoms with Crippen LogP contribution in [0, 0.1) is 0 Å². The second-order valence-corrected chi connectivity index (χ2v) is 4.35. The molecule has 1 N–H and O–H groups in total. The summed E-state index contributed by atoms with van der Waals surface area (Å²) in [5.74, 6) is 0.689. The number of nitrogens with one attached hydrogen (secondary N) is 1. The molecular weight excluding hydrogens is 248 g/mol. The Morgan fingerprint density at radius 1 is 1.22 bits per heavy atom. The highest BCUT2D eigenvalue weighted by Crippen LogP contribution is 2.20. The summed E-state index contributed by atoms with van der Waals surface area (Å²) >= 11 is 5.92. The van der Waals surface area contributed by atoms with Crippen LogP contribution in [0.25, 0.3) is 17.0 Å². The molecule has 0 bridgehead atoms. The molecule has 0 aliphatic carbocycles. The smallest absolute Gasteiger partial charge is 0.182 e. The fourth-order valence-electron chi connectivity index (χ4n) is 1.79. The molecule has 2 aromatic heterocycles. The van der Waals surface area contributed by atoms with Gasteiger partial charge in [0.25, 0.3) is 0 Å². The minimum Gasteiger partial charge on any atom is -0.388 e. The van der Waals surface area contributed by atoms with E-state index in [-0.39, 0.29) is 0 Å². The largest absolute Gasteiger partial charge is 0.388 e. The summed E-state index contributed by atoms with van der Waals surface area (Å²) in [6.07, 6.45) is 1.75. The van der Waals surface area contributed by atoms with Gasteiger partial charge in [-0.15, -0.1) is 5.10 Å². The lowest BCUT2D eigenvalue weighted by Crippen LogP contribution is -1.89. The van der Waals surface area contributed by atoms with E-state index in [1.165, 1.54) is 0 Å². The molecule has 0 saturated heterocycles. The second kappa shape index (κ2) is 4.31. The average molecular weight is 259 g/mol. The molecule has 0 aliphatic rings. The van der Waals surface area contributed by atoms with Crippen LogP contribution in [0.2, 0.25) is 5.02 Å². The molecule has 3 rings (SSSR count). The molecule has 18 heavy (non-hydrogen) atoms. The van der Waals surface area contributed by atoms with Gasteiger partial charge in [-0.2, -0.15) is 0 Å². The molecule has 0 radical (unpaired) electrons. The summed E-state index contributed by atoms with van der Waals surface area (Å²) in [5, 5.41) is 8.15. The Kier molecular flexibility index (Phi) is 2.64. The van der Waals surface area contributed by atoms with Gasteiger partial charge in [0.2, 0.25) is 0 Å². The number of aromatic nitrogens is 3. The van der Waals surface area contributed by atoms with Gasteiger partial charge in [-0.05, 0) is 24.3 Å². The highest BCUT2D eigenvalue weighted by Gasteiger charge is 2.06. The van der Waals surface area contributed by atoms with Crippen LogP contribution in [0.5, 0.6) is 0 Å². The van der Waals surface area contributed by atoms with Crippen molar-refractivity contribution in [3.8, 4) is 11.4 Å². The van der Waals surface area contributed by atoms with E-state index in [0.29, 0.717) is 10.8 Å². The SMILES string of the molecule is CNc1cccc(-c2nc3ccc(Cl)cn3n2)c1. The maximum Gasteiger partial charge on any atom is 0.182 e. The lowest BCUT2D eigenvalue weighted by atomic mass is 10.2. The monoisotopic (exact) mass is 258 g/mol. The summed E-state index contributed by atoms with van der Waals surface area (Å²) in [6.45, 7) is 0. The predicted molar refractivity (Wildman–Crippen MR) is 73.0 cm³/mol. The zero-order chi connectivity index (χ0) is 12.5. The van der Waals surface area contributed by atoms with Crippen LogP contribution in [0.1, 0.15) is 0 Å². The molecule has 90 valence electrons. The highest BCUT2D eigenvalue weighted by atomic mass is 35.5. The first-order valence-corrected chi connectivity index (χ1v) is 5.94. The van der Waals surface area contributed by atoms with Gasteiger partial charge in [0.05, 0.1) is 5.02 Å². The molecule has 0 spiro atoms. The zero-order valence-corrected chi connectivity index (χ0v) is 10.5. The van der Waals surface area contributed by atoms with Gasteiger partial charge in [-0.25, -0.2) is 9.50 Å². The van der Waals surface area contributed by atoms with Gasteiger partial charge in [-0.1, -0.05) is 23.7 Å². The van der Waals surface area contributed by atoms with Crippen LogP contribution in [-0.2, 0) is 0 Å². The van der Waals surface area contributed by atoms with Crippen LogP contribution in [0.15, 0.2) is 42.6 Å². The third-order valence-electron chi connectivity index (χ3n) is 2.70. The van der Waals surface area contributed by atoms with Crippen molar-refractivity contribution < 1.29 is 0 Å². The van der Waals surface area contributed by atoms with Crippen LogP contribution in [0.3, 0.4) is 0 Å². The number of pyridine rings is 1. The number of halogens is 1. The van der Waals surface area contributed by atoms with Crippen molar-refractivity contribution in [2.24, 2.45) is 0 Å². The molecule has 1 aromatic carbocycles. The van der Waals surface area contributed by atoms with Gasteiger partial charge in [0.1, 0.15) is 0 Å². The van der Waals surface area contributed by atoms with Gasteiger partial charge < -0.3 is 5.32 Å². The predicted octanol–water partition coefficient (Wildman–Crippen LogP) is 3.09. The standard InChI is InChI=1S/C13H11ClN4/c1-15-11-4-2-3-9(7-11)13-16-12-6-5-10(14)8-18(12)17-13/h2-8,15H,1H3. The molecule has 4 nitrogen and oxygen atoms in total. The number of anilines is 1. The van der Waals surface area contributed by atoms with E-state index in [9.17, 15) is 0 Å². The Hall–Kier alpha value is -2.07. The fraction of sp³-hybridized carbons (Fsp3) is 0.0769. The van der Waals surface area contributed by atoms with Crippen molar-refractivity contribution in [2.75, 3.05) is 12.4 Å². The molecule has 5 heteroatoms. The van der Waals surface area contributed by atoms with Crippen molar-refractivity contribution in [3.63, 3.8) is 0 Å². The normalized spacial score (nSPS) is 10.8. The minimum atomic E-state index is 0.642. The topological polar surface area (TPSA) is 42.2 Å².